The first kappa shape index (κ1) is 13.4. The Kier molecular flexibility index (Phi) is 3.44. The van der Waals surface area contributed by atoms with Gasteiger partial charge in [0.2, 0.25) is 11.7 Å². The van der Waals surface area contributed by atoms with E-state index in [-0.39, 0.29) is 11.7 Å². The van der Waals surface area contributed by atoms with Gasteiger partial charge in [0.15, 0.2) is 0 Å². The number of oxazole rings is 1. The number of hydrogen-bond acceptors (Lipinski definition) is 5. The molecule has 1 aliphatic rings. The molecule has 1 fully saturated rings. The van der Waals surface area contributed by atoms with Gasteiger partial charge in [-0.25, -0.2) is 9.78 Å². The minimum atomic E-state index is -0.477. The van der Waals surface area contributed by atoms with Crippen LogP contribution in [0.5, 0.6) is 0 Å². The van der Waals surface area contributed by atoms with Crippen molar-refractivity contribution >= 4 is 5.97 Å². The molecule has 1 aromatic heterocycles. The number of benzene rings is 1. The summed E-state index contributed by atoms with van der Waals surface area (Å²) < 4.78 is 10.6. The lowest BCUT2D eigenvalue weighted by Crippen LogP contribution is -2.05. The van der Waals surface area contributed by atoms with Gasteiger partial charge in [-0.15, -0.1) is 0 Å². The lowest BCUT2D eigenvalue weighted by Gasteiger charge is -1.99. The van der Waals surface area contributed by atoms with Crippen LogP contribution in [-0.2, 0) is 4.74 Å². The van der Waals surface area contributed by atoms with Crippen LogP contribution in [0.3, 0.4) is 0 Å². The van der Waals surface area contributed by atoms with Gasteiger partial charge in [-0.1, -0.05) is 6.07 Å². The summed E-state index contributed by atoms with van der Waals surface area (Å²) >= 11 is 0. The van der Waals surface area contributed by atoms with Crippen molar-refractivity contribution in [2.75, 3.05) is 6.61 Å². The van der Waals surface area contributed by atoms with Crippen molar-refractivity contribution in [2.24, 2.45) is 0 Å². The Labute approximate surface area is 122 Å². The van der Waals surface area contributed by atoms with Crippen molar-refractivity contribution in [3.05, 3.63) is 41.3 Å². The summed E-state index contributed by atoms with van der Waals surface area (Å²) in [5, 5.41) is 8.95. The molecule has 0 N–H and O–H groups in total. The summed E-state index contributed by atoms with van der Waals surface area (Å²) in [6, 6.07) is 9.04. The molecule has 0 aliphatic heterocycles. The van der Waals surface area contributed by atoms with Crippen LogP contribution in [0, 0.1) is 11.3 Å². The molecule has 21 heavy (non-hydrogen) atoms. The van der Waals surface area contributed by atoms with Gasteiger partial charge < -0.3 is 9.15 Å². The third-order valence-corrected chi connectivity index (χ3v) is 3.32. The van der Waals surface area contributed by atoms with Gasteiger partial charge in [-0.3, -0.25) is 0 Å². The molecule has 1 heterocycles. The maximum absolute atomic E-state index is 12.0. The Hall–Kier alpha value is -2.61. The predicted molar refractivity (Wildman–Crippen MR) is 74.6 cm³/mol. The fourth-order valence-corrected chi connectivity index (χ4v) is 2.15. The van der Waals surface area contributed by atoms with E-state index >= 15 is 0 Å². The summed E-state index contributed by atoms with van der Waals surface area (Å²) in [6.07, 6.45) is 2.02. The van der Waals surface area contributed by atoms with Crippen LogP contribution in [0.15, 0.2) is 28.7 Å². The standard InChI is InChI=1S/C16H14N2O3/c1-2-20-16(19)14-13(11-6-7-11)18-15(21-14)12-5-3-4-10(8-12)9-17/h3-5,8,11H,2,6-7H2,1H3. The Bertz CT molecular complexity index is 723. The Morgan fingerprint density at radius 1 is 1.52 bits per heavy atom. The fraction of sp³-hybridized carbons (Fsp3) is 0.312. The van der Waals surface area contributed by atoms with Crippen molar-refractivity contribution in [1.29, 1.82) is 5.26 Å². The molecule has 2 aromatic rings. The second kappa shape index (κ2) is 5.41. The van der Waals surface area contributed by atoms with Crippen LogP contribution in [0.4, 0.5) is 0 Å². The highest BCUT2D eigenvalue weighted by Gasteiger charge is 2.34. The number of nitriles is 1. The van der Waals surface area contributed by atoms with Gasteiger partial charge >= 0.3 is 5.97 Å². The van der Waals surface area contributed by atoms with Crippen molar-refractivity contribution in [2.45, 2.75) is 25.7 Å². The number of aromatic nitrogens is 1. The molecule has 0 radical (unpaired) electrons. The van der Waals surface area contributed by atoms with E-state index in [0.717, 1.165) is 12.8 Å². The second-order valence-electron chi connectivity index (χ2n) is 4.92. The molecule has 5 nitrogen and oxygen atoms in total. The van der Waals surface area contributed by atoms with E-state index < -0.39 is 5.97 Å². The van der Waals surface area contributed by atoms with E-state index in [1.54, 1.807) is 31.2 Å². The lowest BCUT2D eigenvalue weighted by molar-refractivity contribution is 0.0489. The maximum Gasteiger partial charge on any atom is 0.376 e. The molecule has 0 spiro atoms. The normalized spacial score (nSPS) is 13.7. The smallest absolute Gasteiger partial charge is 0.376 e. The van der Waals surface area contributed by atoms with E-state index in [4.69, 9.17) is 14.4 Å². The zero-order valence-corrected chi connectivity index (χ0v) is 11.6. The van der Waals surface area contributed by atoms with Crippen LogP contribution >= 0.6 is 0 Å². The van der Waals surface area contributed by atoms with Crippen LogP contribution < -0.4 is 0 Å². The van der Waals surface area contributed by atoms with Crippen molar-refractivity contribution in [1.82, 2.24) is 4.98 Å². The summed E-state index contributed by atoms with van der Waals surface area (Å²) in [4.78, 5) is 16.4. The van der Waals surface area contributed by atoms with Gasteiger partial charge in [-0.05, 0) is 38.0 Å². The number of rotatable bonds is 4. The molecule has 5 heteroatoms. The minimum absolute atomic E-state index is 0.191. The van der Waals surface area contributed by atoms with Gasteiger partial charge in [0.25, 0.3) is 0 Å². The number of hydrogen-bond donors (Lipinski definition) is 0. The number of esters is 1. The van der Waals surface area contributed by atoms with Crippen LogP contribution in [0.1, 0.15) is 47.5 Å². The van der Waals surface area contributed by atoms with E-state index in [9.17, 15) is 4.79 Å². The molecular weight excluding hydrogens is 268 g/mol. The van der Waals surface area contributed by atoms with Gasteiger partial charge in [0, 0.05) is 11.5 Å². The highest BCUT2D eigenvalue weighted by Crippen LogP contribution is 2.42. The Balaban J connectivity index is 2.01. The number of carbonyl (C=O) groups excluding carboxylic acids is 1. The third-order valence-electron chi connectivity index (χ3n) is 3.32. The lowest BCUT2D eigenvalue weighted by atomic mass is 10.1. The van der Waals surface area contributed by atoms with Gasteiger partial charge in [0.1, 0.15) is 0 Å². The quantitative estimate of drug-likeness (QED) is 0.804. The third kappa shape index (κ3) is 2.65. The average molecular weight is 282 g/mol. The molecule has 1 saturated carbocycles. The average Bonchev–Trinajstić information content (AvgIpc) is 3.26. The van der Waals surface area contributed by atoms with Gasteiger partial charge in [-0.2, -0.15) is 5.26 Å². The Morgan fingerprint density at radius 3 is 3.00 bits per heavy atom. The van der Waals surface area contributed by atoms with Crippen molar-refractivity contribution < 1.29 is 13.9 Å². The predicted octanol–water partition coefficient (Wildman–Crippen LogP) is 3.27. The number of ether oxygens (including phenoxy) is 1. The van der Waals surface area contributed by atoms with Crippen LogP contribution in [0.2, 0.25) is 0 Å². The highest BCUT2D eigenvalue weighted by molar-refractivity contribution is 5.88. The van der Waals surface area contributed by atoms with Gasteiger partial charge in [0.05, 0.1) is 23.9 Å². The minimum Gasteiger partial charge on any atom is -0.460 e. The molecule has 0 saturated heterocycles. The maximum atomic E-state index is 12.0. The second-order valence-corrected chi connectivity index (χ2v) is 4.92. The highest BCUT2D eigenvalue weighted by atomic mass is 16.5. The first-order chi connectivity index (χ1) is 10.2. The molecule has 0 atom stereocenters. The SMILES string of the molecule is CCOC(=O)c1oc(-c2cccc(C#N)c2)nc1C1CC1. The fourth-order valence-electron chi connectivity index (χ4n) is 2.15. The molecule has 0 bridgehead atoms. The Morgan fingerprint density at radius 2 is 2.33 bits per heavy atom. The van der Waals surface area contributed by atoms with E-state index in [0.29, 0.717) is 29.3 Å². The number of nitrogens with zero attached hydrogens (tertiary/aromatic N) is 2. The molecule has 3 rings (SSSR count). The van der Waals surface area contributed by atoms with Crippen molar-refractivity contribution in [3.63, 3.8) is 0 Å². The molecule has 0 amide bonds. The van der Waals surface area contributed by atoms with E-state index in [2.05, 4.69) is 11.1 Å². The largest absolute Gasteiger partial charge is 0.460 e. The van der Waals surface area contributed by atoms with Crippen LogP contribution in [0.25, 0.3) is 11.5 Å². The number of carbonyl (C=O) groups is 1. The topological polar surface area (TPSA) is 76.1 Å². The molecule has 1 aliphatic carbocycles. The zero-order valence-electron chi connectivity index (χ0n) is 11.6. The molecule has 106 valence electrons. The monoisotopic (exact) mass is 282 g/mol. The van der Waals surface area contributed by atoms with Crippen LogP contribution in [-0.4, -0.2) is 17.6 Å². The summed E-state index contributed by atoms with van der Waals surface area (Å²) in [6.45, 7) is 2.05. The summed E-state index contributed by atoms with van der Waals surface area (Å²) in [7, 11) is 0. The summed E-state index contributed by atoms with van der Waals surface area (Å²) in [5.41, 5.74) is 1.88. The first-order valence-electron chi connectivity index (χ1n) is 6.91. The summed E-state index contributed by atoms with van der Waals surface area (Å²) in [5.74, 6) is 0.351. The van der Waals surface area contributed by atoms with E-state index in [1.807, 2.05) is 0 Å². The van der Waals surface area contributed by atoms with E-state index in [1.165, 1.54) is 0 Å². The molecule has 0 unspecified atom stereocenters. The zero-order chi connectivity index (χ0) is 14.8. The molecular formula is C16H14N2O3. The van der Waals surface area contributed by atoms with Crippen molar-refractivity contribution in [3.8, 4) is 17.5 Å². The molecule has 1 aromatic carbocycles. The first-order valence-corrected chi connectivity index (χ1v) is 6.91.